The van der Waals surface area contributed by atoms with Gasteiger partial charge in [0.2, 0.25) is 5.91 Å². The highest BCUT2D eigenvalue weighted by molar-refractivity contribution is 5.83. The molecule has 0 aliphatic rings. The molecule has 0 heterocycles. The Kier molecular flexibility index (Phi) is 5.39. The van der Waals surface area contributed by atoms with Crippen LogP contribution in [0.1, 0.15) is 51.7 Å². The molecule has 0 spiro atoms. The van der Waals surface area contributed by atoms with E-state index in [4.69, 9.17) is 0 Å². The van der Waals surface area contributed by atoms with E-state index < -0.39 is 0 Å². The van der Waals surface area contributed by atoms with E-state index in [1.807, 2.05) is 20.8 Å². The van der Waals surface area contributed by atoms with Crippen molar-refractivity contribution in [3.8, 4) is 0 Å². The van der Waals surface area contributed by atoms with Crippen LogP contribution in [-0.4, -0.2) is 11.9 Å². The van der Waals surface area contributed by atoms with Gasteiger partial charge in [-0.3, -0.25) is 4.79 Å². The lowest BCUT2D eigenvalue weighted by Gasteiger charge is -2.15. The van der Waals surface area contributed by atoms with Crippen molar-refractivity contribution in [2.24, 2.45) is 5.92 Å². The third-order valence-electron chi connectivity index (χ3n) is 2.95. The SMILES string of the molecule is CC(C)Cc1ccc(C(C)C(=O)NC(C)C)cc1. The van der Waals surface area contributed by atoms with Crippen LogP contribution in [0.15, 0.2) is 24.3 Å². The molecule has 0 bridgehead atoms. The number of nitrogens with one attached hydrogen (secondary N) is 1. The van der Waals surface area contributed by atoms with Crippen molar-refractivity contribution in [1.82, 2.24) is 5.32 Å². The van der Waals surface area contributed by atoms with Crippen molar-refractivity contribution in [2.45, 2.75) is 53.0 Å². The second kappa shape index (κ2) is 6.58. The van der Waals surface area contributed by atoms with Crippen LogP contribution >= 0.6 is 0 Å². The highest BCUT2D eigenvalue weighted by atomic mass is 16.1. The molecule has 0 aliphatic heterocycles. The highest BCUT2D eigenvalue weighted by Gasteiger charge is 2.15. The Morgan fingerprint density at radius 1 is 1.06 bits per heavy atom. The molecule has 0 aromatic heterocycles. The highest BCUT2D eigenvalue weighted by Crippen LogP contribution is 2.17. The van der Waals surface area contributed by atoms with Gasteiger partial charge in [0, 0.05) is 6.04 Å². The lowest BCUT2D eigenvalue weighted by Crippen LogP contribution is -2.33. The standard InChI is InChI=1S/C16H25NO/c1-11(2)10-14-6-8-15(9-7-14)13(5)16(18)17-12(3)4/h6-9,11-13H,10H2,1-5H3,(H,17,18). The maximum Gasteiger partial charge on any atom is 0.227 e. The van der Waals surface area contributed by atoms with Gasteiger partial charge in [0.15, 0.2) is 0 Å². The Labute approximate surface area is 111 Å². The summed E-state index contributed by atoms with van der Waals surface area (Å²) < 4.78 is 0. The largest absolute Gasteiger partial charge is 0.353 e. The van der Waals surface area contributed by atoms with Crippen molar-refractivity contribution in [2.75, 3.05) is 0 Å². The molecule has 0 fully saturated rings. The first-order valence-electron chi connectivity index (χ1n) is 6.79. The average molecular weight is 247 g/mol. The van der Waals surface area contributed by atoms with Crippen LogP contribution in [0.4, 0.5) is 0 Å². The zero-order valence-corrected chi connectivity index (χ0v) is 12.2. The molecule has 1 aromatic rings. The van der Waals surface area contributed by atoms with E-state index in [0.29, 0.717) is 5.92 Å². The van der Waals surface area contributed by atoms with Crippen LogP contribution in [0.3, 0.4) is 0 Å². The van der Waals surface area contributed by atoms with Crippen LogP contribution in [0.2, 0.25) is 0 Å². The van der Waals surface area contributed by atoms with E-state index in [1.54, 1.807) is 0 Å². The first-order chi connectivity index (χ1) is 8.40. The minimum absolute atomic E-state index is 0.0829. The van der Waals surface area contributed by atoms with Gasteiger partial charge < -0.3 is 5.32 Å². The van der Waals surface area contributed by atoms with Gasteiger partial charge in [0.1, 0.15) is 0 Å². The van der Waals surface area contributed by atoms with Crippen molar-refractivity contribution in [3.05, 3.63) is 35.4 Å². The lowest BCUT2D eigenvalue weighted by atomic mass is 9.96. The number of carbonyl (C=O) groups excluding carboxylic acids is 1. The normalized spacial score (nSPS) is 12.8. The number of amides is 1. The summed E-state index contributed by atoms with van der Waals surface area (Å²) in [5, 5.41) is 2.95. The maximum atomic E-state index is 11.9. The Balaban J connectivity index is 2.69. The zero-order chi connectivity index (χ0) is 13.7. The van der Waals surface area contributed by atoms with Gasteiger partial charge in [-0.15, -0.1) is 0 Å². The number of hydrogen-bond donors (Lipinski definition) is 1. The molecule has 0 aliphatic carbocycles. The Hall–Kier alpha value is -1.31. The molecule has 1 unspecified atom stereocenters. The molecule has 2 nitrogen and oxygen atoms in total. The van der Waals surface area contributed by atoms with Gasteiger partial charge in [-0.25, -0.2) is 0 Å². The first-order valence-corrected chi connectivity index (χ1v) is 6.79. The molecule has 100 valence electrons. The summed E-state index contributed by atoms with van der Waals surface area (Å²) in [6.07, 6.45) is 1.09. The summed E-state index contributed by atoms with van der Waals surface area (Å²) in [6.45, 7) is 10.3. The molecular weight excluding hydrogens is 222 g/mol. The number of benzene rings is 1. The molecule has 1 N–H and O–H groups in total. The first kappa shape index (κ1) is 14.7. The predicted molar refractivity (Wildman–Crippen MR) is 76.7 cm³/mol. The summed E-state index contributed by atoms with van der Waals surface area (Å²) in [5.74, 6) is 0.680. The van der Waals surface area contributed by atoms with E-state index in [1.165, 1.54) is 5.56 Å². The predicted octanol–water partition coefficient (Wildman–Crippen LogP) is 3.51. The molecule has 2 heteroatoms. The fourth-order valence-electron chi connectivity index (χ4n) is 1.97. The molecular formula is C16H25NO. The smallest absolute Gasteiger partial charge is 0.227 e. The fraction of sp³-hybridized carbons (Fsp3) is 0.562. The lowest BCUT2D eigenvalue weighted by molar-refractivity contribution is -0.122. The van der Waals surface area contributed by atoms with Crippen molar-refractivity contribution in [3.63, 3.8) is 0 Å². The third-order valence-corrected chi connectivity index (χ3v) is 2.95. The maximum absolute atomic E-state index is 11.9. The zero-order valence-electron chi connectivity index (χ0n) is 12.2. The van der Waals surface area contributed by atoms with Gasteiger partial charge >= 0.3 is 0 Å². The van der Waals surface area contributed by atoms with Gasteiger partial charge in [0.05, 0.1) is 5.92 Å². The minimum Gasteiger partial charge on any atom is -0.353 e. The van der Waals surface area contributed by atoms with E-state index in [-0.39, 0.29) is 17.9 Å². The Morgan fingerprint density at radius 3 is 2.06 bits per heavy atom. The third kappa shape index (κ3) is 4.52. The number of rotatable bonds is 5. The molecule has 0 radical (unpaired) electrons. The summed E-state index contributed by atoms with van der Waals surface area (Å²) in [4.78, 5) is 11.9. The molecule has 18 heavy (non-hydrogen) atoms. The summed E-state index contributed by atoms with van der Waals surface area (Å²) in [6, 6.07) is 8.60. The summed E-state index contributed by atoms with van der Waals surface area (Å²) >= 11 is 0. The molecule has 0 saturated heterocycles. The second-order valence-corrected chi connectivity index (χ2v) is 5.72. The summed E-state index contributed by atoms with van der Waals surface area (Å²) in [7, 11) is 0. The van der Waals surface area contributed by atoms with Crippen molar-refractivity contribution >= 4 is 5.91 Å². The van der Waals surface area contributed by atoms with Gasteiger partial charge in [-0.1, -0.05) is 38.1 Å². The monoisotopic (exact) mass is 247 g/mol. The molecule has 0 saturated carbocycles. The van der Waals surface area contributed by atoms with Crippen molar-refractivity contribution < 1.29 is 4.79 Å². The second-order valence-electron chi connectivity index (χ2n) is 5.72. The molecule has 1 rings (SSSR count). The Bertz CT molecular complexity index is 379. The van der Waals surface area contributed by atoms with Crippen molar-refractivity contribution in [1.29, 1.82) is 0 Å². The topological polar surface area (TPSA) is 29.1 Å². The molecule has 1 aromatic carbocycles. The summed E-state index contributed by atoms with van der Waals surface area (Å²) in [5.41, 5.74) is 2.42. The van der Waals surface area contributed by atoms with Crippen LogP contribution in [-0.2, 0) is 11.2 Å². The quantitative estimate of drug-likeness (QED) is 0.847. The van der Waals surface area contributed by atoms with Crippen LogP contribution < -0.4 is 5.32 Å². The molecule has 1 amide bonds. The fourth-order valence-corrected chi connectivity index (χ4v) is 1.97. The molecule has 1 atom stereocenters. The van der Waals surface area contributed by atoms with Gasteiger partial charge in [-0.2, -0.15) is 0 Å². The Morgan fingerprint density at radius 2 is 1.61 bits per heavy atom. The minimum atomic E-state index is -0.0829. The van der Waals surface area contributed by atoms with Gasteiger partial charge in [0.25, 0.3) is 0 Å². The van der Waals surface area contributed by atoms with E-state index in [0.717, 1.165) is 12.0 Å². The van der Waals surface area contributed by atoms with Crippen LogP contribution in [0.5, 0.6) is 0 Å². The van der Waals surface area contributed by atoms with E-state index in [2.05, 4.69) is 43.4 Å². The van der Waals surface area contributed by atoms with E-state index >= 15 is 0 Å². The van der Waals surface area contributed by atoms with E-state index in [9.17, 15) is 4.79 Å². The van der Waals surface area contributed by atoms with Crippen LogP contribution in [0.25, 0.3) is 0 Å². The number of hydrogen-bond acceptors (Lipinski definition) is 1. The van der Waals surface area contributed by atoms with Gasteiger partial charge in [-0.05, 0) is 44.2 Å². The average Bonchev–Trinajstić information content (AvgIpc) is 2.27. The van der Waals surface area contributed by atoms with Crippen LogP contribution in [0, 0.1) is 5.92 Å². The number of carbonyl (C=O) groups is 1.